The van der Waals surface area contributed by atoms with Gasteiger partial charge in [-0.1, -0.05) is 62.2 Å². The first-order valence-electron chi connectivity index (χ1n) is 11.5. The summed E-state index contributed by atoms with van der Waals surface area (Å²) in [6.45, 7) is 6.93. The monoisotopic (exact) mass is 582 g/mol. The van der Waals surface area contributed by atoms with Crippen molar-refractivity contribution in [2.45, 2.75) is 13.0 Å². The van der Waals surface area contributed by atoms with E-state index >= 15 is 0 Å². The van der Waals surface area contributed by atoms with Gasteiger partial charge in [0.15, 0.2) is 5.78 Å². The highest BCUT2D eigenvalue weighted by molar-refractivity contribution is 9.11. The Labute approximate surface area is 214 Å². The lowest BCUT2D eigenvalue weighted by Gasteiger charge is -2.34. The second kappa shape index (κ2) is 8.79. The van der Waals surface area contributed by atoms with E-state index in [1.54, 1.807) is 0 Å². The highest BCUT2D eigenvalue weighted by atomic mass is 79.9. The molecule has 0 N–H and O–H groups in total. The molecule has 1 atom stereocenters. The number of benzene rings is 3. The Morgan fingerprint density at radius 3 is 2.62 bits per heavy atom. The number of hydrogen-bond donors (Lipinski definition) is 0. The standard InChI is InChI=1S/C27H24Br2N2O3/c1-16-25(27(32)20-5-2-4-19-22(20)12-17(28)13-23(19)29)21-6-3-7-24-26(21)31(16)18(15-34-24)14-30-8-10-33-11-9-30/h2-7,12-13,18H,8-11,14-15H2,1H3/t18-/m1/s1. The van der Waals surface area contributed by atoms with Gasteiger partial charge in [0.1, 0.15) is 12.4 Å². The number of morpholine rings is 1. The average molecular weight is 584 g/mol. The Hall–Kier alpha value is -2.19. The van der Waals surface area contributed by atoms with Crippen molar-refractivity contribution < 1.29 is 14.3 Å². The van der Waals surface area contributed by atoms with Crippen LogP contribution in [-0.4, -0.2) is 54.7 Å². The normalized spacial score (nSPS) is 18.4. The van der Waals surface area contributed by atoms with Gasteiger partial charge in [0.25, 0.3) is 0 Å². The minimum Gasteiger partial charge on any atom is -0.489 e. The smallest absolute Gasteiger partial charge is 0.196 e. The van der Waals surface area contributed by atoms with Crippen LogP contribution in [0.5, 0.6) is 5.75 Å². The van der Waals surface area contributed by atoms with Crippen LogP contribution < -0.4 is 4.74 Å². The van der Waals surface area contributed by atoms with Crippen molar-refractivity contribution in [1.82, 2.24) is 9.47 Å². The first kappa shape index (κ1) is 22.3. The molecular formula is C27H24Br2N2O3. The molecule has 0 spiro atoms. The number of nitrogens with zero attached hydrogens (tertiary/aromatic N) is 2. The topological polar surface area (TPSA) is 43.7 Å². The van der Waals surface area contributed by atoms with Crippen LogP contribution in [-0.2, 0) is 4.74 Å². The lowest BCUT2D eigenvalue weighted by atomic mass is 9.95. The summed E-state index contributed by atoms with van der Waals surface area (Å²) in [7, 11) is 0. The maximum Gasteiger partial charge on any atom is 0.196 e. The Bertz CT molecular complexity index is 1440. The van der Waals surface area contributed by atoms with Crippen molar-refractivity contribution >= 4 is 59.3 Å². The molecule has 1 fully saturated rings. The molecule has 0 aliphatic carbocycles. The van der Waals surface area contributed by atoms with E-state index in [0.717, 1.165) is 80.5 Å². The van der Waals surface area contributed by atoms with Crippen LogP contribution >= 0.6 is 31.9 Å². The molecule has 0 amide bonds. The van der Waals surface area contributed by atoms with Gasteiger partial charge in [0, 0.05) is 45.2 Å². The lowest BCUT2D eigenvalue weighted by Crippen LogP contribution is -2.42. The molecule has 0 saturated carbocycles. The van der Waals surface area contributed by atoms with Crippen LogP contribution in [0.25, 0.3) is 21.7 Å². The van der Waals surface area contributed by atoms with E-state index in [1.807, 2.05) is 48.5 Å². The van der Waals surface area contributed by atoms with E-state index in [4.69, 9.17) is 9.47 Å². The number of fused-ring (bicyclic) bond motifs is 1. The zero-order valence-electron chi connectivity index (χ0n) is 18.8. The number of carbonyl (C=O) groups excluding carboxylic acids is 1. The molecule has 5 nitrogen and oxygen atoms in total. The van der Waals surface area contributed by atoms with Crippen molar-refractivity contribution in [1.29, 1.82) is 0 Å². The van der Waals surface area contributed by atoms with E-state index < -0.39 is 0 Å². The number of halogens is 2. The largest absolute Gasteiger partial charge is 0.489 e. The van der Waals surface area contributed by atoms with Crippen LogP contribution in [0.2, 0.25) is 0 Å². The van der Waals surface area contributed by atoms with E-state index in [2.05, 4.69) is 48.3 Å². The maximum atomic E-state index is 14.2. The third-order valence-corrected chi connectivity index (χ3v) is 8.10. The first-order chi connectivity index (χ1) is 16.5. The van der Waals surface area contributed by atoms with Gasteiger partial charge >= 0.3 is 0 Å². The fourth-order valence-corrected chi connectivity index (χ4v) is 6.79. The summed E-state index contributed by atoms with van der Waals surface area (Å²) in [6, 6.07) is 16.1. The number of ketones is 1. The highest BCUT2D eigenvalue weighted by Crippen LogP contribution is 2.40. The molecule has 174 valence electrons. The summed E-state index contributed by atoms with van der Waals surface area (Å²) >= 11 is 7.24. The number of carbonyl (C=O) groups is 1. The van der Waals surface area contributed by atoms with Gasteiger partial charge in [-0.2, -0.15) is 0 Å². The average Bonchev–Trinajstić information content (AvgIpc) is 3.14. The van der Waals surface area contributed by atoms with E-state index in [9.17, 15) is 4.79 Å². The Morgan fingerprint density at radius 2 is 1.79 bits per heavy atom. The van der Waals surface area contributed by atoms with Gasteiger partial charge in [0.2, 0.25) is 0 Å². The van der Waals surface area contributed by atoms with Crippen LogP contribution in [0.1, 0.15) is 27.7 Å². The third-order valence-electron chi connectivity index (χ3n) is 6.98. The molecule has 3 heterocycles. The molecule has 34 heavy (non-hydrogen) atoms. The molecule has 1 saturated heterocycles. The van der Waals surface area contributed by atoms with Crippen LogP contribution in [0.15, 0.2) is 57.5 Å². The van der Waals surface area contributed by atoms with Crippen molar-refractivity contribution in [2.24, 2.45) is 0 Å². The quantitative estimate of drug-likeness (QED) is 0.271. The molecule has 2 aliphatic rings. The second-order valence-electron chi connectivity index (χ2n) is 8.98. The predicted molar refractivity (Wildman–Crippen MR) is 141 cm³/mol. The highest BCUT2D eigenvalue weighted by Gasteiger charge is 2.31. The fraction of sp³-hybridized carbons (Fsp3) is 0.296. The molecule has 2 aliphatic heterocycles. The van der Waals surface area contributed by atoms with E-state index in [1.165, 1.54) is 0 Å². The number of ether oxygens (including phenoxy) is 2. The molecule has 7 heteroatoms. The van der Waals surface area contributed by atoms with E-state index in [-0.39, 0.29) is 11.8 Å². The lowest BCUT2D eigenvalue weighted by molar-refractivity contribution is 0.0272. The van der Waals surface area contributed by atoms with Crippen molar-refractivity contribution in [2.75, 3.05) is 39.5 Å². The molecule has 3 aromatic carbocycles. The summed E-state index contributed by atoms with van der Waals surface area (Å²) in [6.07, 6.45) is 0. The molecule has 0 radical (unpaired) electrons. The van der Waals surface area contributed by atoms with Crippen molar-refractivity contribution in [3.05, 3.63) is 74.3 Å². The maximum absolute atomic E-state index is 14.2. The van der Waals surface area contributed by atoms with Crippen molar-refractivity contribution in [3.8, 4) is 5.75 Å². The summed E-state index contributed by atoms with van der Waals surface area (Å²) in [5.41, 5.74) is 3.49. The Balaban J connectivity index is 1.51. The fourth-order valence-electron chi connectivity index (χ4n) is 5.43. The SMILES string of the molecule is Cc1c(C(=O)c2cccc3c(Br)cc(Br)cc23)c2cccc3c2n1[C@H](CN1CCOCC1)CO3. The van der Waals surface area contributed by atoms with Crippen LogP contribution in [0, 0.1) is 6.92 Å². The summed E-state index contributed by atoms with van der Waals surface area (Å²) in [5, 5.41) is 2.91. The minimum absolute atomic E-state index is 0.0426. The molecule has 0 unspecified atom stereocenters. The summed E-state index contributed by atoms with van der Waals surface area (Å²) < 4.78 is 16.0. The number of para-hydroxylation sites is 1. The third kappa shape index (κ3) is 3.61. The summed E-state index contributed by atoms with van der Waals surface area (Å²) in [5.74, 6) is 0.891. The Kier molecular flexibility index (Phi) is 5.76. The number of hydrogen-bond acceptors (Lipinski definition) is 4. The van der Waals surface area contributed by atoms with Gasteiger partial charge in [-0.05, 0) is 35.9 Å². The molecular weight excluding hydrogens is 560 g/mol. The molecule has 6 rings (SSSR count). The van der Waals surface area contributed by atoms with Gasteiger partial charge < -0.3 is 14.0 Å². The van der Waals surface area contributed by atoms with Crippen LogP contribution in [0.4, 0.5) is 0 Å². The van der Waals surface area contributed by atoms with Gasteiger partial charge in [0.05, 0.1) is 30.3 Å². The zero-order valence-corrected chi connectivity index (χ0v) is 22.0. The van der Waals surface area contributed by atoms with E-state index in [0.29, 0.717) is 12.2 Å². The number of rotatable bonds is 4. The van der Waals surface area contributed by atoms with Crippen LogP contribution in [0.3, 0.4) is 0 Å². The second-order valence-corrected chi connectivity index (χ2v) is 10.7. The number of aromatic nitrogens is 1. The first-order valence-corrected chi connectivity index (χ1v) is 13.1. The minimum atomic E-state index is 0.0426. The van der Waals surface area contributed by atoms with Crippen molar-refractivity contribution in [3.63, 3.8) is 0 Å². The van der Waals surface area contributed by atoms with Gasteiger partial charge in [-0.3, -0.25) is 9.69 Å². The molecule has 4 aromatic rings. The van der Waals surface area contributed by atoms with Gasteiger partial charge in [-0.25, -0.2) is 0 Å². The molecule has 0 bridgehead atoms. The zero-order chi connectivity index (χ0) is 23.4. The predicted octanol–water partition coefficient (Wildman–Crippen LogP) is 6.12. The van der Waals surface area contributed by atoms with Gasteiger partial charge in [-0.15, -0.1) is 0 Å². The molecule has 1 aromatic heterocycles. The summed E-state index contributed by atoms with van der Waals surface area (Å²) in [4.78, 5) is 16.6. The Morgan fingerprint density at radius 1 is 1.03 bits per heavy atom.